The zero-order valence-electron chi connectivity index (χ0n) is 19.3. The summed E-state index contributed by atoms with van der Waals surface area (Å²) in [5, 5.41) is 0. The van der Waals surface area contributed by atoms with Crippen LogP contribution in [-0.2, 0) is 32.6 Å². The standard InChI is InChI=1S/C25H26N2O7S/c1-32-25(29)23-11-10-21(34-23)18-33-24(28)20-8-5-9-22(16-20)35(30,31)27-14-12-26(13-15-27)17-19-6-3-2-4-7-19/h2-11,16H,12-15,17-18H2,1H3. The molecule has 10 heteroatoms. The Labute approximate surface area is 203 Å². The topological polar surface area (TPSA) is 106 Å². The molecule has 3 aromatic rings. The molecule has 2 aromatic carbocycles. The monoisotopic (exact) mass is 498 g/mol. The molecule has 4 rings (SSSR count). The van der Waals surface area contributed by atoms with E-state index in [1.165, 1.54) is 53.4 Å². The Hall–Kier alpha value is -3.47. The molecule has 1 aliphatic heterocycles. The van der Waals surface area contributed by atoms with Gasteiger partial charge >= 0.3 is 11.9 Å². The van der Waals surface area contributed by atoms with Gasteiger partial charge in [-0.2, -0.15) is 4.31 Å². The molecule has 0 N–H and O–H groups in total. The van der Waals surface area contributed by atoms with E-state index in [1.54, 1.807) is 0 Å². The van der Waals surface area contributed by atoms with Crippen molar-refractivity contribution in [1.29, 1.82) is 0 Å². The molecule has 1 aromatic heterocycles. The lowest BCUT2D eigenvalue weighted by Crippen LogP contribution is -2.48. The van der Waals surface area contributed by atoms with E-state index >= 15 is 0 Å². The van der Waals surface area contributed by atoms with Gasteiger partial charge in [0.05, 0.1) is 17.6 Å². The number of carbonyl (C=O) groups excluding carboxylic acids is 2. The van der Waals surface area contributed by atoms with Crippen LogP contribution >= 0.6 is 0 Å². The first-order valence-corrected chi connectivity index (χ1v) is 12.5. The third-order valence-electron chi connectivity index (χ3n) is 5.68. The lowest BCUT2D eigenvalue weighted by Gasteiger charge is -2.34. The number of furan rings is 1. The lowest BCUT2D eigenvalue weighted by atomic mass is 10.2. The fourth-order valence-corrected chi connectivity index (χ4v) is 5.26. The number of carbonyl (C=O) groups is 2. The van der Waals surface area contributed by atoms with Gasteiger partial charge in [-0.25, -0.2) is 18.0 Å². The van der Waals surface area contributed by atoms with Crippen LogP contribution in [0.25, 0.3) is 0 Å². The summed E-state index contributed by atoms with van der Waals surface area (Å²) in [6.45, 7) is 2.53. The van der Waals surface area contributed by atoms with Gasteiger partial charge in [-0.05, 0) is 35.9 Å². The normalized spacial score (nSPS) is 15.0. The molecule has 0 aliphatic carbocycles. The minimum Gasteiger partial charge on any atom is -0.463 e. The van der Waals surface area contributed by atoms with Gasteiger partial charge in [0.15, 0.2) is 0 Å². The van der Waals surface area contributed by atoms with Crippen molar-refractivity contribution < 1.29 is 31.9 Å². The molecule has 0 radical (unpaired) electrons. The highest BCUT2D eigenvalue weighted by Gasteiger charge is 2.29. The van der Waals surface area contributed by atoms with Crippen LogP contribution in [0.1, 0.15) is 32.2 Å². The van der Waals surface area contributed by atoms with Gasteiger partial charge in [-0.15, -0.1) is 0 Å². The van der Waals surface area contributed by atoms with Crippen molar-refractivity contribution in [3.63, 3.8) is 0 Å². The molecular formula is C25H26N2O7S. The predicted molar refractivity (Wildman–Crippen MR) is 126 cm³/mol. The molecule has 2 heterocycles. The fraction of sp³-hybridized carbons (Fsp3) is 0.280. The second-order valence-corrected chi connectivity index (χ2v) is 9.97. The minimum absolute atomic E-state index is 0.00416. The summed E-state index contributed by atoms with van der Waals surface area (Å²) in [5.74, 6) is -1.08. The Morgan fingerprint density at radius 2 is 1.66 bits per heavy atom. The Bertz CT molecular complexity index is 1280. The molecular weight excluding hydrogens is 472 g/mol. The van der Waals surface area contributed by atoms with Crippen molar-refractivity contribution in [2.45, 2.75) is 18.0 Å². The number of hydrogen-bond acceptors (Lipinski definition) is 8. The highest BCUT2D eigenvalue weighted by molar-refractivity contribution is 7.89. The smallest absolute Gasteiger partial charge is 0.373 e. The second kappa shape index (κ2) is 10.9. The molecule has 0 saturated carbocycles. The van der Waals surface area contributed by atoms with Crippen LogP contribution in [0.3, 0.4) is 0 Å². The van der Waals surface area contributed by atoms with Crippen molar-refractivity contribution in [3.8, 4) is 0 Å². The van der Waals surface area contributed by atoms with Crippen LogP contribution < -0.4 is 0 Å². The third kappa shape index (κ3) is 5.97. The van der Waals surface area contributed by atoms with Gasteiger partial charge in [0.1, 0.15) is 12.4 Å². The van der Waals surface area contributed by atoms with E-state index in [0.717, 1.165) is 6.54 Å². The summed E-state index contributed by atoms with van der Waals surface area (Å²) in [6.07, 6.45) is 0. The molecule has 0 amide bonds. The van der Waals surface area contributed by atoms with Crippen LogP contribution in [0.2, 0.25) is 0 Å². The zero-order chi connectivity index (χ0) is 24.8. The Kier molecular flexibility index (Phi) is 7.64. The summed E-state index contributed by atoms with van der Waals surface area (Å²) in [7, 11) is -2.53. The number of benzene rings is 2. The van der Waals surface area contributed by atoms with Crippen LogP contribution in [0.15, 0.2) is 76.0 Å². The molecule has 1 fully saturated rings. The first-order chi connectivity index (χ1) is 16.9. The second-order valence-electron chi connectivity index (χ2n) is 8.03. The maximum Gasteiger partial charge on any atom is 0.373 e. The quantitative estimate of drug-likeness (QED) is 0.437. The van der Waals surface area contributed by atoms with Gasteiger partial charge in [0, 0.05) is 32.7 Å². The first-order valence-electron chi connectivity index (χ1n) is 11.1. The van der Waals surface area contributed by atoms with Gasteiger partial charge < -0.3 is 13.9 Å². The summed E-state index contributed by atoms with van der Waals surface area (Å²) < 4.78 is 42.9. The summed E-state index contributed by atoms with van der Waals surface area (Å²) in [6, 6.07) is 18.8. The molecule has 1 saturated heterocycles. The summed E-state index contributed by atoms with van der Waals surface area (Å²) in [5.41, 5.74) is 1.29. The van der Waals surface area contributed by atoms with Crippen molar-refractivity contribution in [2.24, 2.45) is 0 Å². The minimum atomic E-state index is -3.76. The van der Waals surface area contributed by atoms with E-state index in [9.17, 15) is 18.0 Å². The number of ether oxygens (including phenoxy) is 2. The number of methoxy groups -OCH3 is 1. The van der Waals surface area contributed by atoms with E-state index in [1.807, 2.05) is 18.2 Å². The number of nitrogens with zero attached hydrogens (tertiary/aromatic N) is 2. The Morgan fingerprint density at radius 3 is 2.37 bits per heavy atom. The van der Waals surface area contributed by atoms with Crippen LogP contribution in [0.4, 0.5) is 0 Å². The average molecular weight is 499 g/mol. The fourth-order valence-electron chi connectivity index (χ4n) is 3.79. The molecule has 184 valence electrons. The maximum atomic E-state index is 13.2. The van der Waals surface area contributed by atoms with E-state index < -0.39 is 22.0 Å². The highest BCUT2D eigenvalue weighted by Crippen LogP contribution is 2.20. The van der Waals surface area contributed by atoms with Gasteiger partial charge in [-0.1, -0.05) is 36.4 Å². The number of hydrogen-bond donors (Lipinski definition) is 0. The Balaban J connectivity index is 1.36. The maximum absolute atomic E-state index is 13.2. The van der Waals surface area contributed by atoms with E-state index in [4.69, 9.17) is 9.15 Å². The molecule has 0 unspecified atom stereocenters. The lowest BCUT2D eigenvalue weighted by molar-refractivity contribution is 0.0438. The first kappa shape index (κ1) is 24.6. The van der Waals surface area contributed by atoms with Crippen molar-refractivity contribution in [2.75, 3.05) is 33.3 Å². The largest absolute Gasteiger partial charge is 0.463 e. The molecule has 0 bridgehead atoms. The number of sulfonamides is 1. The molecule has 1 aliphatic rings. The SMILES string of the molecule is COC(=O)c1ccc(COC(=O)c2cccc(S(=O)(=O)N3CCN(Cc4ccccc4)CC3)c2)o1. The van der Waals surface area contributed by atoms with Crippen molar-refractivity contribution >= 4 is 22.0 Å². The van der Waals surface area contributed by atoms with Crippen LogP contribution in [0, 0.1) is 0 Å². The van der Waals surface area contributed by atoms with Crippen molar-refractivity contribution in [3.05, 3.63) is 89.4 Å². The third-order valence-corrected chi connectivity index (χ3v) is 7.58. The molecule has 9 nitrogen and oxygen atoms in total. The number of rotatable bonds is 8. The average Bonchev–Trinajstić information content (AvgIpc) is 3.37. The van der Waals surface area contributed by atoms with E-state index in [2.05, 4.69) is 21.8 Å². The zero-order valence-corrected chi connectivity index (χ0v) is 20.1. The Morgan fingerprint density at radius 1 is 0.914 bits per heavy atom. The van der Waals surface area contributed by atoms with Gasteiger partial charge in [-0.3, -0.25) is 4.90 Å². The highest BCUT2D eigenvalue weighted by atomic mass is 32.2. The number of piperazine rings is 1. The van der Waals surface area contributed by atoms with Gasteiger partial charge in [0.2, 0.25) is 15.8 Å². The van der Waals surface area contributed by atoms with E-state index in [-0.39, 0.29) is 28.6 Å². The van der Waals surface area contributed by atoms with Crippen LogP contribution in [-0.4, -0.2) is 62.9 Å². The van der Waals surface area contributed by atoms with E-state index in [0.29, 0.717) is 26.2 Å². The van der Waals surface area contributed by atoms with Gasteiger partial charge in [0.25, 0.3) is 0 Å². The summed E-state index contributed by atoms with van der Waals surface area (Å²) in [4.78, 5) is 26.2. The molecule has 0 atom stereocenters. The van der Waals surface area contributed by atoms with Crippen LogP contribution in [0.5, 0.6) is 0 Å². The molecule has 35 heavy (non-hydrogen) atoms. The summed E-state index contributed by atoms with van der Waals surface area (Å²) >= 11 is 0. The van der Waals surface area contributed by atoms with Crippen molar-refractivity contribution in [1.82, 2.24) is 9.21 Å². The number of esters is 2. The molecule has 0 spiro atoms. The predicted octanol–water partition coefficient (Wildman–Crippen LogP) is 2.93.